The van der Waals surface area contributed by atoms with Gasteiger partial charge in [-0.25, -0.2) is 4.98 Å². The summed E-state index contributed by atoms with van der Waals surface area (Å²) in [6, 6.07) is 1.92. The van der Waals surface area contributed by atoms with E-state index in [1.54, 1.807) is 0 Å². The van der Waals surface area contributed by atoms with Gasteiger partial charge >= 0.3 is 5.69 Å². The van der Waals surface area contributed by atoms with Gasteiger partial charge in [0.1, 0.15) is 11.6 Å². The van der Waals surface area contributed by atoms with Crippen molar-refractivity contribution in [1.29, 1.82) is 0 Å². The number of nitrogens with zero attached hydrogens (tertiary/aromatic N) is 3. The van der Waals surface area contributed by atoms with Gasteiger partial charge in [-0.3, -0.25) is 10.1 Å². The Balaban J connectivity index is 2.71. The second kappa shape index (κ2) is 4.96. The molecule has 9 heteroatoms. The van der Waals surface area contributed by atoms with Crippen LogP contribution in [0.15, 0.2) is 18.3 Å². The third-order valence-corrected chi connectivity index (χ3v) is 2.59. The Labute approximate surface area is 112 Å². The number of nitro benzene ring substituents is 1. The minimum absolute atomic E-state index is 0.0108. The molecular formula is C11H10FN5O3. The number of nitro groups is 1. The van der Waals surface area contributed by atoms with Crippen LogP contribution in [0.2, 0.25) is 0 Å². The summed E-state index contributed by atoms with van der Waals surface area (Å²) in [6.07, 6.45) is 1.29. The number of halogens is 1. The SMILES string of the molecule is COc1cc(F)c([N+](=O)[O-])cc1-c1cnc(N)nc1N. The van der Waals surface area contributed by atoms with Gasteiger partial charge in [-0.15, -0.1) is 0 Å². The monoisotopic (exact) mass is 279 g/mol. The molecule has 0 aliphatic heterocycles. The van der Waals surface area contributed by atoms with Crippen LogP contribution >= 0.6 is 0 Å². The van der Waals surface area contributed by atoms with E-state index in [2.05, 4.69) is 9.97 Å². The molecule has 0 aliphatic rings. The van der Waals surface area contributed by atoms with Crippen LogP contribution in [0.3, 0.4) is 0 Å². The molecule has 0 spiro atoms. The van der Waals surface area contributed by atoms with E-state index in [1.165, 1.54) is 13.3 Å². The Morgan fingerprint density at radius 3 is 2.60 bits per heavy atom. The molecule has 0 bridgehead atoms. The highest BCUT2D eigenvalue weighted by molar-refractivity contribution is 5.80. The second-order valence-electron chi connectivity index (χ2n) is 3.79. The summed E-state index contributed by atoms with van der Waals surface area (Å²) in [4.78, 5) is 17.4. The Bertz CT molecular complexity index is 692. The fraction of sp³-hybridized carbons (Fsp3) is 0.0909. The third-order valence-electron chi connectivity index (χ3n) is 2.59. The van der Waals surface area contributed by atoms with Crippen molar-refractivity contribution in [3.63, 3.8) is 0 Å². The molecule has 1 aromatic heterocycles. The first-order valence-corrected chi connectivity index (χ1v) is 5.34. The third kappa shape index (κ3) is 2.28. The van der Waals surface area contributed by atoms with Crippen molar-refractivity contribution in [2.24, 2.45) is 0 Å². The van der Waals surface area contributed by atoms with Crippen LogP contribution in [0.25, 0.3) is 11.1 Å². The lowest BCUT2D eigenvalue weighted by molar-refractivity contribution is -0.387. The summed E-state index contributed by atoms with van der Waals surface area (Å²) in [5.41, 5.74) is 10.8. The van der Waals surface area contributed by atoms with Crippen LogP contribution in [-0.4, -0.2) is 22.0 Å². The van der Waals surface area contributed by atoms with E-state index in [1.807, 2.05) is 0 Å². The van der Waals surface area contributed by atoms with Crippen molar-refractivity contribution in [3.8, 4) is 16.9 Å². The minimum atomic E-state index is -1.01. The summed E-state index contributed by atoms with van der Waals surface area (Å²) in [5, 5.41) is 10.8. The number of anilines is 2. The van der Waals surface area contributed by atoms with Gasteiger partial charge in [0, 0.05) is 29.5 Å². The second-order valence-corrected chi connectivity index (χ2v) is 3.79. The fourth-order valence-corrected chi connectivity index (χ4v) is 1.68. The molecule has 0 unspecified atom stereocenters. The molecule has 0 saturated heterocycles. The zero-order valence-electron chi connectivity index (χ0n) is 10.3. The predicted octanol–water partition coefficient (Wildman–Crippen LogP) is 1.36. The number of hydrogen-bond donors (Lipinski definition) is 2. The van der Waals surface area contributed by atoms with E-state index < -0.39 is 16.4 Å². The molecule has 2 rings (SSSR count). The van der Waals surface area contributed by atoms with E-state index in [0.29, 0.717) is 0 Å². The van der Waals surface area contributed by atoms with E-state index in [9.17, 15) is 14.5 Å². The fourth-order valence-electron chi connectivity index (χ4n) is 1.68. The average molecular weight is 279 g/mol. The zero-order chi connectivity index (χ0) is 14.9. The number of hydrogen-bond acceptors (Lipinski definition) is 7. The van der Waals surface area contributed by atoms with Crippen LogP contribution in [-0.2, 0) is 0 Å². The number of benzene rings is 1. The van der Waals surface area contributed by atoms with E-state index in [-0.39, 0.29) is 28.6 Å². The largest absolute Gasteiger partial charge is 0.496 e. The number of aromatic nitrogens is 2. The molecular weight excluding hydrogens is 269 g/mol. The van der Waals surface area contributed by atoms with Gasteiger partial charge in [0.15, 0.2) is 0 Å². The van der Waals surface area contributed by atoms with Crippen molar-refractivity contribution < 1.29 is 14.1 Å². The molecule has 0 amide bonds. The first-order chi connectivity index (χ1) is 9.43. The van der Waals surface area contributed by atoms with Crippen LogP contribution in [0, 0.1) is 15.9 Å². The van der Waals surface area contributed by atoms with E-state index in [0.717, 1.165) is 12.1 Å². The Morgan fingerprint density at radius 1 is 1.35 bits per heavy atom. The Morgan fingerprint density at radius 2 is 2.05 bits per heavy atom. The maximum atomic E-state index is 13.5. The highest BCUT2D eigenvalue weighted by Gasteiger charge is 2.21. The van der Waals surface area contributed by atoms with Crippen molar-refractivity contribution in [2.45, 2.75) is 0 Å². The normalized spacial score (nSPS) is 10.3. The highest BCUT2D eigenvalue weighted by atomic mass is 19.1. The summed E-state index contributed by atoms with van der Waals surface area (Å²) >= 11 is 0. The Hall–Kier alpha value is -2.97. The van der Waals surface area contributed by atoms with Crippen molar-refractivity contribution in [2.75, 3.05) is 18.6 Å². The highest BCUT2D eigenvalue weighted by Crippen LogP contribution is 2.37. The molecule has 4 N–H and O–H groups in total. The van der Waals surface area contributed by atoms with E-state index in [4.69, 9.17) is 16.2 Å². The van der Waals surface area contributed by atoms with Crippen LogP contribution in [0.5, 0.6) is 5.75 Å². The lowest BCUT2D eigenvalue weighted by Gasteiger charge is -2.10. The standard InChI is InChI=1S/C11H10FN5O3/c1-20-9-3-7(12)8(17(18)19)2-5(9)6-4-15-11(14)16-10(6)13/h2-4H,1H3,(H4,13,14,15,16). The lowest BCUT2D eigenvalue weighted by Crippen LogP contribution is -2.03. The van der Waals surface area contributed by atoms with Crippen LogP contribution in [0.1, 0.15) is 0 Å². The number of rotatable bonds is 3. The number of methoxy groups -OCH3 is 1. The van der Waals surface area contributed by atoms with Crippen LogP contribution in [0.4, 0.5) is 21.8 Å². The summed E-state index contributed by atoms with van der Waals surface area (Å²) in [7, 11) is 1.30. The topological polar surface area (TPSA) is 130 Å². The quantitative estimate of drug-likeness (QED) is 0.640. The first-order valence-electron chi connectivity index (χ1n) is 5.34. The molecule has 20 heavy (non-hydrogen) atoms. The van der Waals surface area contributed by atoms with Gasteiger partial charge in [0.2, 0.25) is 11.8 Å². The van der Waals surface area contributed by atoms with Gasteiger partial charge in [-0.1, -0.05) is 0 Å². The summed E-state index contributed by atoms with van der Waals surface area (Å²) in [6.45, 7) is 0. The maximum absolute atomic E-state index is 13.5. The van der Waals surface area contributed by atoms with Gasteiger partial charge < -0.3 is 16.2 Å². The molecule has 8 nitrogen and oxygen atoms in total. The first kappa shape index (κ1) is 13.5. The molecule has 1 aromatic carbocycles. The molecule has 0 saturated carbocycles. The summed E-state index contributed by atoms with van der Waals surface area (Å²) in [5.74, 6) is -0.961. The molecule has 0 atom stereocenters. The molecule has 104 valence electrons. The zero-order valence-corrected chi connectivity index (χ0v) is 10.3. The van der Waals surface area contributed by atoms with Crippen LogP contribution < -0.4 is 16.2 Å². The number of nitrogen functional groups attached to an aromatic ring is 2. The molecule has 0 radical (unpaired) electrons. The molecule has 2 aromatic rings. The smallest absolute Gasteiger partial charge is 0.305 e. The van der Waals surface area contributed by atoms with Crippen molar-refractivity contribution in [3.05, 3.63) is 34.3 Å². The average Bonchev–Trinajstić information content (AvgIpc) is 2.38. The number of nitrogens with two attached hydrogens (primary N) is 2. The lowest BCUT2D eigenvalue weighted by atomic mass is 10.1. The van der Waals surface area contributed by atoms with E-state index >= 15 is 0 Å². The van der Waals surface area contributed by atoms with Crippen molar-refractivity contribution >= 4 is 17.5 Å². The molecule has 1 heterocycles. The van der Waals surface area contributed by atoms with Gasteiger partial charge in [0.05, 0.1) is 12.0 Å². The van der Waals surface area contributed by atoms with Crippen molar-refractivity contribution in [1.82, 2.24) is 9.97 Å². The summed E-state index contributed by atoms with van der Waals surface area (Å²) < 4.78 is 18.5. The molecule has 0 aliphatic carbocycles. The minimum Gasteiger partial charge on any atom is -0.496 e. The number of ether oxygens (including phenoxy) is 1. The maximum Gasteiger partial charge on any atom is 0.305 e. The molecule has 0 fully saturated rings. The Kier molecular flexibility index (Phi) is 3.34. The van der Waals surface area contributed by atoms with Gasteiger partial charge in [-0.2, -0.15) is 9.37 Å². The van der Waals surface area contributed by atoms with Gasteiger partial charge in [0.25, 0.3) is 0 Å². The van der Waals surface area contributed by atoms with Gasteiger partial charge in [-0.05, 0) is 0 Å². The predicted molar refractivity (Wildman–Crippen MR) is 69.5 cm³/mol.